The molecule has 0 aromatic heterocycles. The largest absolute Gasteiger partial charge is 0.352 e. The van der Waals surface area contributed by atoms with Crippen LogP contribution in [-0.4, -0.2) is 60.5 Å². The average molecular weight is 407 g/mol. The van der Waals surface area contributed by atoms with Crippen LogP contribution in [0.15, 0.2) is 54.6 Å². The van der Waals surface area contributed by atoms with Crippen molar-refractivity contribution in [3.63, 3.8) is 0 Å². The van der Waals surface area contributed by atoms with Gasteiger partial charge in [-0.2, -0.15) is 0 Å². The maximum atomic E-state index is 12.7. The van der Waals surface area contributed by atoms with Gasteiger partial charge in [-0.1, -0.05) is 48.0 Å². The third kappa shape index (κ3) is 5.00. The van der Waals surface area contributed by atoms with E-state index in [1.165, 1.54) is 5.56 Å². The summed E-state index contributed by atoms with van der Waals surface area (Å²) in [5, 5.41) is 3.13. The lowest BCUT2D eigenvalue weighted by molar-refractivity contribution is -0.122. The standard InChI is InChI=1S/C24H30N4O2/c1-19-7-9-22(10-8-19)28-16-15-27(24(28)30)18-23(29)25-21-11-13-26(14-12-21)17-20-5-3-2-4-6-20/h2-10,21H,11-18H2,1H3,(H,25,29). The van der Waals surface area contributed by atoms with Crippen molar-refractivity contribution in [2.24, 2.45) is 0 Å². The zero-order chi connectivity index (χ0) is 20.9. The maximum absolute atomic E-state index is 12.7. The van der Waals surface area contributed by atoms with E-state index in [4.69, 9.17) is 0 Å². The summed E-state index contributed by atoms with van der Waals surface area (Å²) in [7, 11) is 0. The fraction of sp³-hybridized carbons (Fsp3) is 0.417. The summed E-state index contributed by atoms with van der Waals surface area (Å²) in [6, 6.07) is 18.5. The molecule has 0 atom stereocenters. The lowest BCUT2D eigenvalue weighted by Crippen LogP contribution is -2.47. The van der Waals surface area contributed by atoms with Gasteiger partial charge in [-0.15, -0.1) is 0 Å². The minimum absolute atomic E-state index is 0.0596. The zero-order valence-electron chi connectivity index (χ0n) is 17.6. The zero-order valence-corrected chi connectivity index (χ0v) is 17.6. The van der Waals surface area contributed by atoms with Crippen molar-refractivity contribution in [1.82, 2.24) is 15.1 Å². The lowest BCUT2D eigenvalue weighted by Gasteiger charge is -2.32. The first-order chi connectivity index (χ1) is 14.6. The average Bonchev–Trinajstić information content (AvgIpc) is 3.11. The molecule has 2 heterocycles. The second-order valence-electron chi connectivity index (χ2n) is 8.29. The van der Waals surface area contributed by atoms with Gasteiger partial charge in [-0.3, -0.25) is 14.6 Å². The molecule has 0 bridgehead atoms. The Morgan fingerprint density at radius 3 is 2.37 bits per heavy atom. The quantitative estimate of drug-likeness (QED) is 0.802. The predicted octanol–water partition coefficient (Wildman–Crippen LogP) is 3.02. The number of aryl methyl sites for hydroxylation is 1. The highest BCUT2D eigenvalue weighted by atomic mass is 16.2. The van der Waals surface area contributed by atoms with Gasteiger partial charge in [0, 0.05) is 44.5 Å². The molecule has 6 heteroatoms. The van der Waals surface area contributed by atoms with Gasteiger partial charge < -0.3 is 10.2 Å². The van der Waals surface area contributed by atoms with Crippen LogP contribution in [0.5, 0.6) is 0 Å². The van der Waals surface area contributed by atoms with Crippen LogP contribution < -0.4 is 10.2 Å². The molecule has 1 N–H and O–H groups in total. The van der Waals surface area contributed by atoms with E-state index in [0.717, 1.165) is 43.7 Å². The van der Waals surface area contributed by atoms with Crippen LogP contribution in [0.1, 0.15) is 24.0 Å². The van der Waals surface area contributed by atoms with E-state index in [-0.39, 0.29) is 24.5 Å². The number of benzene rings is 2. The number of hydrogen-bond acceptors (Lipinski definition) is 3. The number of carbonyl (C=O) groups is 2. The summed E-state index contributed by atoms with van der Waals surface area (Å²) in [6.07, 6.45) is 1.89. The molecule has 2 aromatic rings. The predicted molar refractivity (Wildman–Crippen MR) is 118 cm³/mol. The van der Waals surface area contributed by atoms with Crippen LogP contribution in [0.25, 0.3) is 0 Å². The first kappa shape index (κ1) is 20.4. The lowest BCUT2D eigenvalue weighted by atomic mass is 10.0. The molecule has 2 aliphatic heterocycles. The van der Waals surface area contributed by atoms with E-state index in [2.05, 4.69) is 34.5 Å². The number of nitrogens with zero attached hydrogens (tertiary/aromatic N) is 3. The summed E-state index contributed by atoms with van der Waals surface area (Å²) in [5.41, 5.74) is 3.38. The van der Waals surface area contributed by atoms with E-state index in [9.17, 15) is 9.59 Å². The van der Waals surface area contributed by atoms with Crippen LogP contribution in [0, 0.1) is 6.92 Å². The normalized spacial score (nSPS) is 18.1. The number of piperidine rings is 1. The number of nitrogens with one attached hydrogen (secondary N) is 1. The summed E-state index contributed by atoms with van der Waals surface area (Å²) in [4.78, 5) is 31.1. The van der Waals surface area contributed by atoms with Crippen molar-refractivity contribution < 1.29 is 9.59 Å². The van der Waals surface area contributed by atoms with E-state index in [1.807, 2.05) is 37.3 Å². The number of anilines is 1. The molecule has 2 fully saturated rings. The third-order valence-electron chi connectivity index (χ3n) is 5.98. The molecule has 30 heavy (non-hydrogen) atoms. The van der Waals surface area contributed by atoms with E-state index in [0.29, 0.717) is 13.1 Å². The third-order valence-corrected chi connectivity index (χ3v) is 5.98. The van der Waals surface area contributed by atoms with Gasteiger partial charge in [0.2, 0.25) is 5.91 Å². The number of urea groups is 1. The molecule has 4 rings (SSSR count). The summed E-state index contributed by atoms with van der Waals surface area (Å²) < 4.78 is 0. The molecule has 0 aliphatic carbocycles. The monoisotopic (exact) mass is 406 g/mol. The van der Waals surface area contributed by atoms with Gasteiger partial charge in [-0.05, 0) is 37.5 Å². The second-order valence-corrected chi connectivity index (χ2v) is 8.29. The van der Waals surface area contributed by atoms with Crippen LogP contribution in [-0.2, 0) is 11.3 Å². The van der Waals surface area contributed by atoms with Crippen LogP contribution in [0.4, 0.5) is 10.5 Å². The fourth-order valence-corrected chi connectivity index (χ4v) is 4.22. The number of hydrogen-bond donors (Lipinski definition) is 1. The van der Waals surface area contributed by atoms with Crippen molar-refractivity contribution >= 4 is 17.6 Å². The highest BCUT2D eigenvalue weighted by Gasteiger charge is 2.31. The van der Waals surface area contributed by atoms with Crippen molar-refractivity contribution in [1.29, 1.82) is 0 Å². The molecular formula is C24H30N4O2. The Kier molecular flexibility index (Phi) is 6.33. The van der Waals surface area contributed by atoms with Gasteiger partial charge in [0.1, 0.15) is 6.54 Å². The van der Waals surface area contributed by atoms with Crippen LogP contribution in [0.2, 0.25) is 0 Å². The number of rotatable bonds is 6. The van der Waals surface area contributed by atoms with Gasteiger partial charge in [0.05, 0.1) is 0 Å². The summed E-state index contributed by atoms with van der Waals surface area (Å²) in [5.74, 6) is -0.0596. The molecule has 0 unspecified atom stereocenters. The molecule has 0 radical (unpaired) electrons. The van der Waals surface area contributed by atoms with Crippen molar-refractivity contribution in [2.75, 3.05) is 37.6 Å². The highest BCUT2D eigenvalue weighted by Crippen LogP contribution is 2.21. The summed E-state index contributed by atoms with van der Waals surface area (Å²) >= 11 is 0. The topological polar surface area (TPSA) is 55.9 Å². The molecule has 2 aromatic carbocycles. The van der Waals surface area contributed by atoms with E-state index in [1.54, 1.807) is 9.80 Å². The van der Waals surface area contributed by atoms with Gasteiger partial charge in [-0.25, -0.2) is 4.79 Å². The molecule has 0 spiro atoms. The summed E-state index contributed by atoms with van der Waals surface area (Å²) in [6.45, 7) is 6.26. The Hall–Kier alpha value is -2.86. The molecule has 0 saturated carbocycles. The Morgan fingerprint density at radius 1 is 0.967 bits per heavy atom. The van der Waals surface area contributed by atoms with Crippen LogP contribution >= 0.6 is 0 Å². The SMILES string of the molecule is Cc1ccc(N2CCN(CC(=O)NC3CCN(Cc4ccccc4)CC3)C2=O)cc1. The first-order valence-corrected chi connectivity index (χ1v) is 10.8. The molecule has 6 nitrogen and oxygen atoms in total. The Balaban J connectivity index is 1.22. The highest BCUT2D eigenvalue weighted by molar-refractivity contribution is 5.96. The Morgan fingerprint density at radius 2 is 1.67 bits per heavy atom. The number of likely N-dealkylation sites (tertiary alicyclic amines) is 1. The maximum Gasteiger partial charge on any atom is 0.325 e. The smallest absolute Gasteiger partial charge is 0.325 e. The van der Waals surface area contributed by atoms with E-state index >= 15 is 0 Å². The van der Waals surface area contributed by atoms with Crippen molar-refractivity contribution in [3.05, 3.63) is 65.7 Å². The van der Waals surface area contributed by atoms with Gasteiger partial charge >= 0.3 is 6.03 Å². The Bertz CT molecular complexity index is 861. The molecule has 158 valence electrons. The molecule has 3 amide bonds. The Labute approximate surface area is 178 Å². The number of carbonyl (C=O) groups excluding carboxylic acids is 2. The van der Waals surface area contributed by atoms with Gasteiger partial charge in [0.15, 0.2) is 0 Å². The molecule has 2 aliphatic rings. The number of amides is 3. The van der Waals surface area contributed by atoms with Crippen LogP contribution in [0.3, 0.4) is 0 Å². The molecule has 2 saturated heterocycles. The minimum atomic E-state index is -0.0910. The van der Waals surface area contributed by atoms with Crippen molar-refractivity contribution in [2.45, 2.75) is 32.4 Å². The van der Waals surface area contributed by atoms with Crippen molar-refractivity contribution in [3.8, 4) is 0 Å². The first-order valence-electron chi connectivity index (χ1n) is 10.8. The van der Waals surface area contributed by atoms with Gasteiger partial charge in [0.25, 0.3) is 0 Å². The minimum Gasteiger partial charge on any atom is -0.352 e. The van der Waals surface area contributed by atoms with E-state index < -0.39 is 0 Å². The second kappa shape index (κ2) is 9.30. The fourth-order valence-electron chi connectivity index (χ4n) is 4.22. The molecular weight excluding hydrogens is 376 g/mol.